The average Bonchev–Trinajstić information content (AvgIpc) is 2.39. The molecule has 0 radical (unpaired) electrons. The number of carbonyl (C=O) groups is 1. The normalized spacial score (nSPS) is 19.6. The van der Waals surface area contributed by atoms with Crippen molar-refractivity contribution in [3.05, 3.63) is 33.4 Å². The number of hydrogen-bond donors (Lipinski definition) is 1. The van der Waals surface area contributed by atoms with Gasteiger partial charge in [-0.2, -0.15) is 0 Å². The van der Waals surface area contributed by atoms with Gasteiger partial charge in [-0.05, 0) is 60.2 Å². The summed E-state index contributed by atoms with van der Waals surface area (Å²) < 4.78 is 1.10. The molecule has 1 fully saturated rings. The highest BCUT2D eigenvalue weighted by Crippen LogP contribution is 2.12. The summed E-state index contributed by atoms with van der Waals surface area (Å²) in [5.41, 5.74) is 0.778. The smallest absolute Gasteiger partial charge is 0.253 e. The first-order valence-corrected chi connectivity index (χ1v) is 7.49. The Bertz CT molecular complexity index is 416. The van der Waals surface area contributed by atoms with Crippen LogP contribution >= 0.6 is 22.6 Å². The van der Waals surface area contributed by atoms with Crippen LogP contribution in [-0.4, -0.2) is 37.0 Å². The van der Waals surface area contributed by atoms with Gasteiger partial charge in [0.05, 0.1) is 0 Å². The van der Waals surface area contributed by atoms with E-state index in [0.717, 1.165) is 22.2 Å². The highest BCUT2D eigenvalue weighted by Gasteiger charge is 2.18. The van der Waals surface area contributed by atoms with Gasteiger partial charge in [0.15, 0.2) is 0 Å². The van der Waals surface area contributed by atoms with E-state index in [1.54, 1.807) is 0 Å². The Morgan fingerprint density at radius 2 is 2.33 bits per heavy atom. The third-order valence-electron chi connectivity index (χ3n) is 3.32. The van der Waals surface area contributed by atoms with Gasteiger partial charge in [0.1, 0.15) is 0 Å². The zero-order valence-corrected chi connectivity index (χ0v) is 12.8. The summed E-state index contributed by atoms with van der Waals surface area (Å²) in [6.45, 7) is 1.88. The molecule has 1 N–H and O–H groups in total. The number of piperidine rings is 1. The molecule has 0 aliphatic carbocycles. The van der Waals surface area contributed by atoms with Crippen LogP contribution in [0.4, 0.5) is 0 Å². The Hall–Kier alpha value is -0.620. The monoisotopic (exact) mass is 358 g/mol. The van der Waals surface area contributed by atoms with Gasteiger partial charge in [0, 0.05) is 28.8 Å². The molecule has 1 aromatic carbocycles. The molecular weight excluding hydrogens is 339 g/mol. The molecule has 1 heterocycles. The quantitative estimate of drug-likeness (QED) is 0.843. The molecule has 2 rings (SSSR count). The molecule has 4 heteroatoms. The summed E-state index contributed by atoms with van der Waals surface area (Å²) in [4.78, 5) is 14.1. The molecule has 1 aliphatic rings. The average molecular weight is 358 g/mol. The molecule has 1 aliphatic heterocycles. The number of amides is 1. The molecule has 0 aromatic heterocycles. The standard InChI is InChI=1S/C14H19IN2O/c1-17(10-13-7-2-3-8-16-13)14(18)11-5-4-6-12(15)9-11/h4-6,9,13,16H,2-3,7-8,10H2,1H3. The van der Waals surface area contributed by atoms with E-state index in [2.05, 4.69) is 27.9 Å². The summed E-state index contributed by atoms with van der Waals surface area (Å²) in [6.07, 6.45) is 3.69. The molecule has 3 nitrogen and oxygen atoms in total. The highest BCUT2D eigenvalue weighted by atomic mass is 127. The lowest BCUT2D eigenvalue weighted by Gasteiger charge is -2.28. The maximum atomic E-state index is 12.3. The van der Waals surface area contributed by atoms with Gasteiger partial charge >= 0.3 is 0 Å². The maximum absolute atomic E-state index is 12.3. The van der Waals surface area contributed by atoms with Gasteiger partial charge in [-0.3, -0.25) is 4.79 Å². The SMILES string of the molecule is CN(CC1CCCCN1)C(=O)c1cccc(I)c1. The van der Waals surface area contributed by atoms with Gasteiger partial charge in [0.25, 0.3) is 5.91 Å². The van der Waals surface area contributed by atoms with Crippen LogP contribution in [0.1, 0.15) is 29.6 Å². The van der Waals surface area contributed by atoms with Crippen LogP contribution in [0.3, 0.4) is 0 Å². The van der Waals surface area contributed by atoms with E-state index in [9.17, 15) is 4.79 Å². The van der Waals surface area contributed by atoms with E-state index in [0.29, 0.717) is 6.04 Å². The lowest BCUT2D eigenvalue weighted by atomic mass is 10.0. The number of nitrogens with one attached hydrogen (secondary N) is 1. The van der Waals surface area contributed by atoms with Gasteiger partial charge in [-0.25, -0.2) is 0 Å². The summed E-state index contributed by atoms with van der Waals surface area (Å²) >= 11 is 2.23. The van der Waals surface area contributed by atoms with E-state index in [-0.39, 0.29) is 5.91 Å². The number of benzene rings is 1. The van der Waals surface area contributed by atoms with Crippen LogP contribution in [0.2, 0.25) is 0 Å². The molecular formula is C14H19IN2O. The van der Waals surface area contributed by atoms with E-state index in [1.165, 1.54) is 19.3 Å². The van der Waals surface area contributed by atoms with Crippen molar-refractivity contribution in [2.24, 2.45) is 0 Å². The number of hydrogen-bond acceptors (Lipinski definition) is 2. The minimum Gasteiger partial charge on any atom is -0.340 e. The van der Waals surface area contributed by atoms with Crippen molar-refractivity contribution in [1.82, 2.24) is 10.2 Å². The van der Waals surface area contributed by atoms with Crippen LogP contribution in [-0.2, 0) is 0 Å². The maximum Gasteiger partial charge on any atom is 0.253 e. The van der Waals surface area contributed by atoms with Gasteiger partial charge in [-0.1, -0.05) is 12.5 Å². The number of carbonyl (C=O) groups excluding carboxylic acids is 1. The second-order valence-electron chi connectivity index (χ2n) is 4.84. The van der Waals surface area contributed by atoms with Crippen molar-refractivity contribution < 1.29 is 4.79 Å². The van der Waals surface area contributed by atoms with Crippen molar-refractivity contribution in [3.8, 4) is 0 Å². The third-order valence-corrected chi connectivity index (χ3v) is 4.00. The fraction of sp³-hybridized carbons (Fsp3) is 0.500. The van der Waals surface area contributed by atoms with Crippen molar-refractivity contribution in [1.29, 1.82) is 0 Å². The number of rotatable bonds is 3. The summed E-state index contributed by atoms with van der Waals surface area (Å²) in [5.74, 6) is 0.112. The minimum atomic E-state index is 0.112. The summed E-state index contributed by atoms with van der Waals surface area (Å²) in [7, 11) is 1.89. The van der Waals surface area contributed by atoms with Crippen LogP contribution in [0.5, 0.6) is 0 Å². The first-order valence-electron chi connectivity index (χ1n) is 6.41. The molecule has 1 aromatic rings. The number of nitrogens with zero attached hydrogens (tertiary/aromatic N) is 1. The van der Waals surface area contributed by atoms with Crippen molar-refractivity contribution in [2.75, 3.05) is 20.1 Å². The first kappa shape index (κ1) is 13.8. The zero-order chi connectivity index (χ0) is 13.0. The Morgan fingerprint density at radius 1 is 1.50 bits per heavy atom. The molecule has 18 heavy (non-hydrogen) atoms. The molecule has 98 valence electrons. The van der Waals surface area contributed by atoms with Gasteiger partial charge < -0.3 is 10.2 Å². The van der Waals surface area contributed by atoms with Crippen LogP contribution in [0.15, 0.2) is 24.3 Å². The van der Waals surface area contributed by atoms with Crippen molar-refractivity contribution in [3.63, 3.8) is 0 Å². The predicted octanol–water partition coefficient (Wildman–Crippen LogP) is 2.51. The van der Waals surface area contributed by atoms with Gasteiger partial charge in [0.2, 0.25) is 0 Å². The molecule has 0 saturated carbocycles. The Morgan fingerprint density at radius 3 is 3.00 bits per heavy atom. The van der Waals surface area contributed by atoms with E-state index >= 15 is 0 Å². The predicted molar refractivity (Wildman–Crippen MR) is 81.8 cm³/mol. The van der Waals surface area contributed by atoms with Crippen LogP contribution in [0, 0.1) is 3.57 Å². The number of likely N-dealkylation sites (N-methyl/N-ethyl adjacent to an activating group) is 1. The molecule has 0 bridgehead atoms. The van der Waals surface area contributed by atoms with Crippen LogP contribution < -0.4 is 5.32 Å². The van der Waals surface area contributed by atoms with Crippen molar-refractivity contribution in [2.45, 2.75) is 25.3 Å². The highest BCUT2D eigenvalue weighted by molar-refractivity contribution is 14.1. The third kappa shape index (κ3) is 3.68. The largest absolute Gasteiger partial charge is 0.340 e. The molecule has 1 atom stereocenters. The lowest BCUT2D eigenvalue weighted by Crippen LogP contribution is -2.44. The van der Waals surface area contributed by atoms with Gasteiger partial charge in [-0.15, -0.1) is 0 Å². The number of halogens is 1. The lowest BCUT2D eigenvalue weighted by molar-refractivity contribution is 0.0775. The Kier molecular flexibility index (Phi) is 5.00. The zero-order valence-electron chi connectivity index (χ0n) is 10.7. The first-order chi connectivity index (χ1) is 8.66. The van der Waals surface area contributed by atoms with E-state index in [1.807, 2.05) is 36.2 Å². The second-order valence-corrected chi connectivity index (χ2v) is 6.09. The Labute approximate surface area is 122 Å². The molecule has 1 unspecified atom stereocenters. The minimum absolute atomic E-state index is 0.112. The van der Waals surface area contributed by atoms with E-state index < -0.39 is 0 Å². The molecule has 1 saturated heterocycles. The molecule has 1 amide bonds. The summed E-state index contributed by atoms with van der Waals surface area (Å²) in [6, 6.07) is 8.21. The summed E-state index contributed by atoms with van der Waals surface area (Å²) in [5, 5.41) is 3.47. The van der Waals surface area contributed by atoms with Crippen molar-refractivity contribution >= 4 is 28.5 Å². The second kappa shape index (κ2) is 6.52. The molecule has 0 spiro atoms. The van der Waals surface area contributed by atoms with E-state index in [4.69, 9.17) is 0 Å². The Balaban J connectivity index is 1.95. The fourth-order valence-electron chi connectivity index (χ4n) is 2.34. The van der Waals surface area contributed by atoms with Crippen LogP contribution in [0.25, 0.3) is 0 Å². The fourth-order valence-corrected chi connectivity index (χ4v) is 2.88. The topological polar surface area (TPSA) is 32.3 Å².